The fourth-order valence-corrected chi connectivity index (χ4v) is 5.84. The van der Waals surface area contributed by atoms with Crippen LogP contribution >= 0.6 is 0 Å². The molecule has 1 heterocycles. The summed E-state index contributed by atoms with van der Waals surface area (Å²) in [4.78, 5) is 24.6. The van der Waals surface area contributed by atoms with Crippen molar-refractivity contribution in [2.75, 3.05) is 5.75 Å². The van der Waals surface area contributed by atoms with Crippen LogP contribution in [0.2, 0.25) is 0 Å². The Bertz CT molecular complexity index is 1220. The van der Waals surface area contributed by atoms with Gasteiger partial charge in [0, 0.05) is 17.2 Å². The molecule has 2 aromatic rings. The smallest absolute Gasteiger partial charge is 0.280 e. The topological polar surface area (TPSA) is 136 Å². The predicted molar refractivity (Wildman–Crippen MR) is 111 cm³/mol. The molecule has 0 aromatic heterocycles. The van der Waals surface area contributed by atoms with E-state index in [-0.39, 0.29) is 40.5 Å². The molecule has 4 rings (SSSR count). The molecule has 2 atom stereocenters. The van der Waals surface area contributed by atoms with Gasteiger partial charge in [0.15, 0.2) is 11.3 Å². The van der Waals surface area contributed by atoms with Gasteiger partial charge in [-0.15, -0.1) is 0 Å². The zero-order valence-electron chi connectivity index (χ0n) is 17.2. The van der Waals surface area contributed by atoms with E-state index in [0.29, 0.717) is 0 Å². The second kappa shape index (κ2) is 6.84. The molecule has 9 nitrogen and oxygen atoms in total. The van der Waals surface area contributed by atoms with Gasteiger partial charge in [-0.1, -0.05) is 45.0 Å². The Labute approximate surface area is 179 Å². The summed E-state index contributed by atoms with van der Waals surface area (Å²) in [6, 6.07) is 8.66. The summed E-state index contributed by atoms with van der Waals surface area (Å²) in [5.41, 5.74) is -2.35. The molecule has 1 aliphatic heterocycles. The van der Waals surface area contributed by atoms with Crippen molar-refractivity contribution in [1.29, 1.82) is 0 Å². The minimum atomic E-state index is -4.05. The number of ether oxygens (including phenoxy) is 1. The highest BCUT2D eigenvalue weighted by Gasteiger charge is 2.74. The lowest BCUT2D eigenvalue weighted by Crippen LogP contribution is -2.60. The van der Waals surface area contributed by atoms with Crippen molar-refractivity contribution in [3.63, 3.8) is 0 Å². The Morgan fingerprint density at radius 3 is 2.58 bits per heavy atom. The van der Waals surface area contributed by atoms with E-state index in [1.165, 1.54) is 18.2 Å². The molecule has 1 aliphatic carbocycles. The van der Waals surface area contributed by atoms with Crippen molar-refractivity contribution < 1.29 is 28.0 Å². The van der Waals surface area contributed by atoms with E-state index < -0.39 is 37.7 Å². The van der Waals surface area contributed by atoms with E-state index in [0.717, 1.165) is 11.6 Å². The van der Waals surface area contributed by atoms with Crippen LogP contribution in [-0.2, 0) is 21.3 Å². The van der Waals surface area contributed by atoms with Crippen molar-refractivity contribution in [1.82, 2.24) is 4.72 Å². The number of carbonyl (C=O) groups excluding carboxylic acids is 1. The van der Waals surface area contributed by atoms with E-state index >= 15 is 0 Å². The zero-order chi connectivity index (χ0) is 22.8. The maximum atomic E-state index is 13.7. The number of ketones is 1. The Morgan fingerprint density at radius 1 is 1.26 bits per heavy atom. The van der Waals surface area contributed by atoms with Crippen molar-refractivity contribution >= 4 is 21.5 Å². The molecule has 10 heteroatoms. The predicted octanol–water partition coefficient (Wildman–Crippen LogP) is 2.68. The minimum absolute atomic E-state index is 0.0917. The number of nitrogens with zero attached hydrogens (tertiary/aromatic N) is 1. The standard InChI is InChI=1S/C21H22N2O7S/c1-4-10-31(28,29)22-20-15-9-8-13(12(2)3)11-17(15)30-21(20,25)18-14(19(20)24)6-5-7-16(18)23(26)27/h5-9,11-12,22,25H,4,10H2,1-3H3. The van der Waals surface area contributed by atoms with E-state index in [9.17, 15) is 28.4 Å². The normalized spacial score (nSPS) is 24.0. The first-order valence-electron chi connectivity index (χ1n) is 9.88. The fraction of sp³-hybridized carbons (Fsp3) is 0.381. The largest absolute Gasteiger partial charge is 0.454 e. The first-order valence-corrected chi connectivity index (χ1v) is 11.5. The van der Waals surface area contributed by atoms with Crippen LogP contribution in [0.1, 0.15) is 60.2 Å². The Morgan fingerprint density at radius 2 is 1.97 bits per heavy atom. The van der Waals surface area contributed by atoms with Gasteiger partial charge in [0.05, 0.1) is 10.7 Å². The van der Waals surface area contributed by atoms with Crippen molar-refractivity contribution in [3.05, 3.63) is 68.8 Å². The number of benzene rings is 2. The molecular weight excluding hydrogens is 424 g/mol. The zero-order valence-corrected chi connectivity index (χ0v) is 18.0. The van der Waals surface area contributed by atoms with Crippen LogP contribution in [0.4, 0.5) is 5.69 Å². The number of Topliss-reactive ketones (excluding diaryl/α,β-unsaturated/α-hetero) is 1. The summed E-state index contributed by atoms with van der Waals surface area (Å²) in [5.74, 6) is -3.51. The third kappa shape index (κ3) is 2.82. The Balaban J connectivity index is 2.05. The van der Waals surface area contributed by atoms with Gasteiger partial charge in [-0.05, 0) is 24.0 Å². The quantitative estimate of drug-likeness (QED) is 0.514. The van der Waals surface area contributed by atoms with E-state index in [4.69, 9.17) is 4.74 Å². The maximum absolute atomic E-state index is 13.7. The van der Waals surface area contributed by atoms with Crippen LogP contribution in [-0.4, -0.2) is 30.0 Å². The number of carbonyl (C=O) groups is 1. The number of nitro benzene ring substituents is 1. The summed E-state index contributed by atoms with van der Waals surface area (Å²) in [5, 5.41) is 23.4. The number of aliphatic hydroxyl groups is 1. The molecule has 0 bridgehead atoms. The van der Waals surface area contributed by atoms with Crippen molar-refractivity contribution in [2.24, 2.45) is 0 Å². The third-order valence-electron chi connectivity index (χ3n) is 5.79. The molecule has 2 unspecified atom stereocenters. The van der Waals surface area contributed by atoms with Crippen LogP contribution in [0.25, 0.3) is 0 Å². The van der Waals surface area contributed by atoms with Gasteiger partial charge in [0.25, 0.3) is 11.5 Å². The highest BCUT2D eigenvalue weighted by Crippen LogP contribution is 2.60. The number of nitrogens with one attached hydrogen (secondary N) is 1. The number of hydrogen-bond donors (Lipinski definition) is 2. The van der Waals surface area contributed by atoms with Crippen LogP contribution in [0.5, 0.6) is 5.75 Å². The molecule has 0 fully saturated rings. The monoisotopic (exact) mass is 446 g/mol. The molecule has 0 saturated heterocycles. The summed E-state index contributed by atoms with van der Waals surface area (Å²) in [6.45, 7) is 5.54. The molecule has 0 amide bonds. The Hall–Kier alpha value is -2.82. The maximum Gasteiger partial charge on any atom is 0.280 e. The van der Waals surface area contributed by atoms with Gasteiger partial charge in [-0.3, -0.25) is 14.9 Å². The average molecular weight is 446 g/mol. The molecule has 31 heavy (non-hydrogen) atoms. The van der Waals surface area contributed by atoms with Gasteiger partial charge in [-0.2, -0.15) is 4.72 Å². The van der Waals surface area contributed by atoms with Gasteiger partial charge in [0.2, 0.25) is 10.0 Å². The lowest BCUT2D eigenvalue weighted by molar-refractivity contribution is -0.388. The molecule has 0 saturated carbocycles. The first-order chi connectivity index (χ1) is 14.5. The fourth-order valence-electron chi connectivity index (χ4n) is 4.39. The number of sulfonamides is 1. The van der Waals surface area contributed by atoms with Gasteiger partial charge < -0.3 is 9.84 Å². The minimum Gasteiger partial charge on any atom is -0.454 e. The van der Waals surface area contributed by atoms with E-state index in [2.05, 4.69) is 4.72 Å². The second-order valence-corrected chi connectivity index (χ2v) is 9.96. The summed E-state index contributed by atoms with van der Waals surface area (Å²) in [6.07, 6.45) is 0.269. The van der Waals surface area contributed by atoms with E-state index in [1.807, 2.05) is 13.8 Å². The van der Waals surface area contributed by atoms with Gasteiger partial charge >= 0.3 is 0 Å². The first kappa shape index (κ1) is 21.4. The molecule has 2 aliphatic rings. The molecule has 2 N–H and O–H groups in total. The van der Waals surface area contributed by atoms with E-state index in [1.54, 1.807) is 19.1 Å². The second-order valence-electron chi connectivity index (χ2n) is 8.11. The lowest BCUT2D eigenvalue weighted by Gasteiger charge is -2.33. The number of hydrogen-bond acceptors (Lipinski definition) is 7. The van der Waals surface area contributed by atoms with Crippen LogP contribution < -0.4 is 9.46 Å². The molecule has 164 valence electrons. The molecule has 2 aromatic carbocycles. The van der Waals surface area contributed by atoms with Crippen molar-refractivity contribution in [3.8, 4) is 5.75 Å². The van der Waals surface area contributed by atoms with Gasteiger partial charge in [0.1, 0.15) is 11.3 Å². The number of fused-ring (bicyclic) bond motifs is 5. The SMILES string of the molecule is CCCS(=O)(=O)NC12C(=O)c3cccc([N+](=O)[O-])c3C1(O)Oc1cc(C(C)C)ccc12. The molecule has 0 radical (unpaired) electrons. The summed E-state index contributed by atoms with van der Waals surface area (Å²) >= 11 is 0. The van der Waals surface area contributed by atoms with Crippen molar-refractivity contribution in [2.45, 2.75) is 44.4 Å². The average Bonchev–Trinajstić information content (AvgIpc) is 3.04. The van der Waals surface area contributed by atoms with Crippen LogP contribution in [0, 0.1) is 10.1 Å². The highest BCUT2D eigenvalue weighted by atomic mass is 32.2. The highest BCUT2D eigenvalue weighted by molar-refractivity contribution is 7.89. The van der Waals surface area contributed by atoms with Crippen LogP contribution in [0.15, 0.2) is 36.4 Å². The van der Waals surface area contributed by atoms with Crippen LogP contribution in [0.3, 0.4) is 0 Å². The van der Waals surface area contributed by atoms with Gasteiger partial charge in [-0.25, -0.2) is 8.42 Å². The third-order valence-corrected chi connectivity index (χ3v) is 7.35. The summed E-state index contributed by atoms with van der Waals surface area (Å²) in [7, 11) is -4.05. The number of nitro groups is 1. The number of rotatable bonds is 6. The Kier molecular flexibility index (Phi) is 4.73. The lowest BCUT2D eigenvalue weighted by atomic mass is 9.83. The molecule has 0 spiro atoms. The molecular formula is C21H22N2O7S. The summed E-state index contributed by atoms with van der Waals surface area (Å²) < 4.78 is 33.8.